The molecule has 6 rings (SSSR count). The normalized spacial score (nSPS) is 14.1. The first-order chi connectivity index (χ1) is 17.5. The molecule has 1 aliphatic heterocycles. The zero-order chi connectivity index (χ0) is 24.8. The molecule has 182 valence electrons. The fourth-order valence-corrected chi connectivity index (χ4v) is 5.20. The number of carbonyl (C=O) groups is 1. The number of anilines is 1. The Morgan fingerprint density at radius 3 is 2.78 bits per heavy atom. The molecule has 5 aromatic rings. The molecule has 5 aromatic heterocycles. The molecule has 0 saturated carbocycles. The van der Waals surface area contributed by atoms with Crippen molar-refractivity contribution in [1.29, 1.82) is 0 Å². The van der Waals surface area contributed by atoms with Gasteiger partial charge >= 0.3 is 0 Å². The van der Waals surface area contributed by atoms with Crippen molar-refractivity contribution in [2.45, 2.75) is 6.92 Å². The molecule has 13 heteroatoms. The van der Waals surface area contributed by atoms with Gasteiger partial charge in [0.15, 0.2) is 5.13 Å². The van der Waals surface area contributed by atoms with Gasteiger partial charge in [0.2, 0.25) is 11.9 Å². The number of fused-ring (bicyclic) bond motifs is 1. The Morgan fingerprint density at radius 2 is 1.97 bits per heavy atom. The first kappa shape index (κ1) is 22.1. The number of piperazine rings is 1. The molecule has 36 heavy (non-hydrogen) atoms. The van der Waals surface area contributed by atoms with Gasteiger partial charge in [0.05, 0.1) is 22.3 Å². The van der Waals surface area contributed by atoms with Crippen molar-refractivity contribution in [2.24, 2.45) is 0 Å². The van der Waals surface area contributed by atoms with Crippen LogP contribution in [0.25, 0.3) is 21.9 Å². The molecule has 0 spiro atoms. The van der Waals surface area contributed by atoms with Crippen molar-refractivity contribution in [3.05, 3.63) is 76.6 Å². The summed E-state index contributed by atoms with van der Waals surface area (Å²) < 4.78 is 16.4. The van der Waals surface area contributed by atoms with E-state index in [0.29, 0.717) is 43.0 Å². The lowest BCUT2D eigenvalue weighted by molar-refractivity contribution is 0.0746. The third-order valence-electron chi connectivity index (χ3n) is 6.17. The number of rotatable bonds is 4. The molecule has 6 heterocycles. The summed E-state index contributed by atoms with van der Waals surface area (Å²) in [5.41, 5.74) is 1.92. The van der Waals surface area contributed by atoms with Crippen molar-refractivity contribution < 1.29 is 9.18 Å². The Bertz CT molecular complexity index is 1640. The number of thiazole rings is 1. The van der Waals surface area contributed by atoms with Crippen LogP contribution in [0.3, 0.4) is 0 Å². The number of aromatic amines is 1. The average molecular weight is 506 g/mol. The number of amides is 1. The summed E-state index contributed by atoms with van der Waals surface area (Å²) in [4.78, 5) is 41.2. The molecular formula is C23H20FN9O2S. The van der Waals surface area contributed by atoms with Crippen LogP contribution in [0.2, 0.25) is 0 Å². The minimum absolute atomic E-state index is 0.130. The van der Waals surface area contributed by atoms with E-state index in [4.69, 9.17) is 0 Å². The van der Waals surface area contributed by atoms with E-state index in [-0.39, 0.29) is 17.4 Å². The Balaban J connectivity index is 1.16. The molecule has 1 aliphatic rings. The molecule has 0 unspecified atom stereocenters. The van der Waals surface area contributed by atoms with Gasteiger partial charge in [-0.3, -0.25) is 14.6 Å². The summed E-state index contributed by atoms with van der Waals surface area (Å²) in [6.45, 7) is 4.06. The van der Waals surface area contributed by atoms with E-state index in [9.17, 15) is 14.0 Å². The number of pyridine rings is 1. The molecule has 1 amide bonds. The van der Waals surface area contributed by atoms with Gasteiger partial charge in [-0.2, -0.15) is 9.49 Å². The SMILES string of the molecule is Cc1c(C(=O)N2CCN(c3ncc(-c4ccnc(F)c4)s3)CC2)cnn1-c1nn2cccc2c(=O)[nH]1. The fraction of sp³-hybridized carbons (Fsp3) is 0.217. The number of hydrogen-bond donors (Lipinski definition) is 1. The summed E-state index contributed by atoms with van der Waals surface area (Å²) in [6.07, 6.45) is 6.35. The number of carbonyl (C=O) groups excluding carboxylic acids is 1. The van der Waals surface area contributed by atoms with Crippen LogP contribution >= 0.6 is 11.3 Å². The van der Waals surface area contributed by atoms with E-state index in [1.807, 2.05) is 0 Å². The standard InChI is InChI=1S/C23H20FN9O2S/c1-14-16(12-27-33(14)22-28-20(34)17-3-2-6-32(17)29-22)21(35)30-7-9-31(10-8-30)23-26-13-18(36-23)15-4-5-25-19(24)11-15/h2-6,11-13H,7-10H2,1H3,(H,28,29,34). The van der Waals surface area contributed by atoms with Crippen LogP contribution < -0.4 is 10.5 Å². The summed E-state index contributed by atoms with van der Waals surface area (Å²) in [5, 5.41) is 9.52. The smallest absolute Gasteiger partial charge is 0.276 e. The second-order valence-electron chi connectivity index (χ2n) is 8.32. The third-order valence-corrected chi connectivity index (χ3v) is 7.28. The Labute approximate surface area is 207 Å². The highest BCUT2D eigenvalue weighted by molar-refractivity contribution is 7.18. The number of hydrogen-bond acceptors (Lipinski definition) is 8. The Kier molecular flexibility index (Phi) is 5.33. The van der Waals surface area contributed by atoms with Crippen molar-refractivity contribution in [1.82, 2.24) is 39.2 Å². The number of H-pyrrole nitrogens is 1. The lowest BCUT2D eigenvalue weighted by Crippen LogP contribution is -2.48. The molecule has 0 aliphatic carbocycles. The number of aromatic nitrogens is 7. The van der Waals surface area contributed by atoms with Gasteiger partial charge in [-0.05, 0) is 30.7 Å². The second kappa shape index (κ2) is 8.68. The average Bonchev–Trinajstić information content (AvgIpc) is 3.64. The second-order valence-corrected chi connectivity index (χ2v) is 9.33. The predicted octanol–water partition coefficient (Wildman–Crippen LogP) is 2.14. The largest absolute Gasteiger partial charge is 0.345 e. The van der Waals surface area contributed by atoms with Crippen LogP contribution in [-0.4, -0.2) is 71.3 Å². The quantitative estimate of drug-likeness (QED) is 0.372. The number of nitrogens with one attached hydrogen (secondary N) is 1. The van der Waals surface area contributed by atoms with Gasteiger partial charge in [-0.1, -0.05) is 11.3 Å². The van der Waals surface area contributed by atoms with Crippen molar-refractivity contribution in [3.8, 4) is 16.4 Å². The third kappa shape index (κ3) is 3.82. The first-order valence-electron chi connectivity index (χ1n) is 11.2. The maximum atomic E-state index is 13.5. The molecular weight excluding hydrogens is 485 g/mol. The maximum Gasteiger partial charge on any atom is 0.276 e. The van der Waals surface area contributed by atoms with Crippen molar-refractivity contribution in [3.63, 3.8) is 0 Å². The molecule has 11 nitrogen and oxygen atoms in total. The van der Waals surface area contributed by atoms with Crippen LogP contribution in [-0.2, 0) is 0 Å². The van der Waals surface area contributed by atoms with E-state index in [2.05, 4.69) is 30.0 Å². The maximum absolute atomic E-state index is 13.5. The molecule has 1 fully saturated rings. The number of halogens is 1. The van der Waals surface area contributed by atoms with E-state index >= 15 is 0 Å². The van der Waals surface area contributed by atoms with Gasteiger partial charge in [-0.25, -0.2) is 19.2 Å². The van der Waals surface area contributed by atoms with E-state index < -0.39 is 5.95 Å². The van der Waals surface area contributed by atoms with Gasteiger partial charge in [0, 0.05) is 50.8 Å². The summed E-state index contributed by atoms with van der Waals surface area (Å²) in [7, 11) is 0. The van der Waals surface area contributed by atoms with Crippen LogP contribution in [0.5, 0.6) is 0 Å². The van der Waals surface area contributed by atoms with E-state index in [1.165, 1.54) is 39.0 Å². The van der Waals surface area contributed by atoms with Crippen LogP contribution in [0.1, 0.15) is 16.1 Å². The first-order valence-corrected chi connectivity index (χ1v) is 12.0. The summed E-state index contributed by atoms with van der Waals surface area (Å²) in [6, 6.07) is 6.54. The molecule has 0 atom stereocenters. The van der Waals surface area contributed by atoms with Gasteiger partial charge in [-0.15, -0.1) is 5.10 Å². The van der Waals surface area contributed by atoms with Crippen molar-refractivity contribution >= 4 is 27.9 Å². The van der Waals surface area contributed by atoms with Crippen LogP contribution in [0.15, 0.2) is 53.8 Å². The minimum atomic E-state index is -0.527. The lowest BCUT2D eigenvalue weighted by atomic mass is 10.2. The molecule has 0 bridgehead atoms. The lowest BCUT2D eigenvalue weighted by Gasteiger charge is -2.34. The minimum Gasteiger partial charge on any atom is -0.345 e. The van der Waals surface area contributed by atoms with Gasteiger partial charge in [0.25, 0.3) is 11.5 Å². The van der Waals surface area contributed by atoms with Crippen LogP contribution in [0, 0.1) is 12.9 Å². The molecule has 0 aromatic carbocycles. The zero-order valence-corrected chi connectivity index (χ0v) is 19.9. The van der Waals surface area contributed by atoms with Crippen LogP contribution in [0.4, 0.5) is 9.52 Å². The monoisotopic (exact) mass is 505 g/mol. The van der Waals surface area contributed by atoms with E-state index in [1.54, 1.807) is 42.4 Å². The van der Waals surface area contributed by atoms with Crippen molar-refractivity contribution in [2.75, 3.05) is 31.1 Å². The Hall–Kier alpha value is -4.39. The molecule has 1 saturated heterocycles. The van der Waals surface area contributed by atoms with Gasteiger partial charge in [0.1, 0.15) is 5.52 Å². The highest BCUT2D eigenvalue weighted by Crippen LogP contribution is 2.31. The molecule has 1 N–H and O–H groups in total. The Morgan fingerprint density at radius 1 is 1.14 bits per heavy atom. The molecule has 0 radical (unpaired) electrons. The fourth-order valence-electron chi connectivity index (χ4n) is 4.23. The zero-order valence-electron chi connectivity index (χ0n) is 19.1. The number of nitrogens with zero attached hydrogens (tertiary/aromatic N) is 8. The van der Waals surface area contributed by atoms with E-state index in [0.717, 1.165) is 15.6 Å². The summed E-state index contributed by atoms with van der Waals surface area (Å²) in [5.74, 6) is -0.422. The highest BCUT2D eigenvalue weighted by atomic mass is 32.1. The summed E-state index contributed by atoms with van der Waals surface area (Å²) >= 11 is 1.48. The topological polar surface area (TPSA) is 117 Å². The highest BCUT2D eigenvalue weighted by Gasteiger charge is 2.27. The predicted molar refractivity (Wildman–Crippen MR) is 131 cm³/mol. The van der Waals surface area contributed by atoms with Gasteiger partial charge < -0.3 is 9.80 Å².